The van der Waals surface area contributed by atoms with E-state index in [9.17, 15) is 23.2 Å². The predicted molar refractivity (Wildman–Crippen MR) is 93.5 cm³/mol. The van der Waals surface area contributed by atoms with E-state index in [4.69, 9.17) is 9.15 Å². The molecule has 1 aromatic heterocycles. The molecule has 0 aliphatic carbocycles. The van der Waals surface area contributed by atoms with E-state index >= 15 is 0 Å². The summed E-state index contributed by atoms with van der Waals surface area (Å²) in [5, 5.41) is 2.53. The fourth-order valence-corrected chi connectivity index (χ4v) is 3.28. The Morgan fingerprint density at radius 3 is 2.64 bits per heavy atom. The largest absolute Gasteiger partial charge is 0.442 e. The monoisotopic (exact) mass is 391 g/mol. The van der Waals surface area contributed by atoms with Gasteiger partial charge in [0.15, 0.2) is 0 Å². The number of aromatic nitrogens is 1. The molecule has 0 saturated carbocycles. The number of allylic oxidation sites excluding steroid dienone is 1. The number of benzene rings is 1. The minimum Gasteiger partial charge on any atom is -0.442 e. The highest BCUT2D eigenvalue weighted by atomic mass is 19.1. The van der Waals surface area contributed by atoms with Crippen LogP contribution < -0.4 is 16.0 Å². The summed E-state index contributed by atoms with van der Waals surface area (Å²) in [4.78, 5) is 35.6. The van der Waals surface area contributed by atoms with Crippen LogP contribution in [0.25, 0.3) is 11.6 Å². The van der Waals surface area contributed by atoms with E-state index in [-0.39, 0.29) is 42.4 Å². The summed E-state index contributed by atoms with van der Waals surface area (Å²) in [5.41, 5.74) is 0.449. The third kappa shape index (κ3) is 3.06. The molecule has 8 nitrogen and oxygen atoms in total. The van der Waals surface area contributed by atoms with E-state index in [0.29, 0.717) is 5.69 Å². The number of hydrogen-bond acceptors (Lipinski definition) is 5. The Morgan fingerprint density at radius 1 is 1.29 bits per heavy atom. The van der Waals surface area contributed by atoms with Gasteiger partial charge in [-0.3, -0.25) is 14.3 Å². The third-order valence-corrected chi connectivity index (χ3v) is 4.58. The van der Waals surface area contributed by atoms with Gasteiger partial charge in [-0.2, -0.15) is 0 Å². The minimum atomic E-state index is -0.866. The van der Waals surface area contributed by atoms with E-state index < -0.39 is 29.6 Å². The standard InChI is InChI=1S/C18H15F2N3O5/c1-9(24)21-5-13-7-23(18(26)28-13)11-3-14(19)16(15(20)4-11)10-2-12-8-27-17(25)22(12)6-10/h2-4,8,13H,5-7H2,1H3,(H,21,24)/t13-/m0/s1. The maximum atomic E-state index is 14.7. The number of hydrogen-bond donors (Lipinski definition) is 1. The van der Waals surface area contributed by atoms with E-state index in [1.807, 2.05) is 0 Å². The molecule has 2 aliphatic rings. The molecule has 1 N–H and O–H groups in total. The van der Waals surface area contributed by atoms with Crippen LogP contribution in [0.3, 0.4) is 0 Å². The third-order valence-electron chi connectivity index (χ3n) is 4.58. The smallest absolute Gasteiger partial charge is 0.419 e. The van der Waals surface area contributed by atoms with E-state index in [1.54, 1.807) is 0 Å². The number of halogens is 2. The lowest BCUT2D eigenvalue weighted by Crippen LogP contribution is -2.33. The van der Waals surface area contributed by atoms with Gasteiger partial charge in [0, 0.05) is 6.92 Å². The second kappa shape index (κ2) is 6.63. The number of carbonyl (C=O) groups excluding carboxylic acids is 2. The Bertz CT molecular complexity index is 1050. The van der Waals surface area contributed by atoms with Crippen LogP contribution in [0.5, 0.6) is 0 Å². The highest BCUT2D eigenvalue weighted by Crippen LogP contribution is 2.33. The van der Waals surface area contributed by atoms with Crippen molar-refractivity contribution in [1.82, 2.24) is 9.88 Å². The minimum absolute atomic E-state index is 0.00629. The molecule has 1 aromatic carbocycles. The highest BCUT2D eigenvalue weighted by molar-refractivity contribution is 5.91. The molecule has 1 saturated heterocycles. The molecule has 0 spiro atoms. The molecule has 1 fully saturated rings. The number of carbonyl (C=O) groups is 2. The molecular formula is C18H15F2N3O5. The van der Waals surface area contributed by atoms with Crippen molar-refractivity contribution in [3.05, 3.63) is 51.8 Å². The van der Waals surface area contributed by atoms with Crippen molar-refractivity contribution in [3.63, 3.8) is 0 Å². The molecule has 1 atom stereocenters. The average molecular weight is 391 g/mol. The number of cyclic esters (lactones) is 1. The first-order valence-corrected chi connectivity index (χ1v) is 8.44. The summed E-state index contributed by atoms with van der Waals surface area (Å²) in [5.74, 6) is -2.62. The van der Waals surface area contributed by atoms with Gasteiger partial charge in [-0.15, -0.1) is 0 Å². The molecule has 0 unspecified atom stereocenters. The average Bonchev–Trinajstić information content (AvgIpc) is 3.29. The number of fused-ring (bicyclic) bond motifs is 1. The number of nitrogens with one attached hydrogen (secondary N) is 1. The van der Waals surface area contributed by atoms with Crippen molar-refractivity contribution in [1.29, 1.82) is 0 Å². The van der Waals surface area contributed by atoms with Gasteiger partial charge in [0.05, 0.1) is 36.6 Å². The topological polar surface area (TPSA) is 93.8 Å². The molecular weight excluding hydrogens is 376 g/mol. The molecule has 2 aromatic rings. The van der Waals surface area contributed by atoms with Gasteiger partial charge in [0.1, 0.15) is 24.0 Å². The van der Waals surface area contributed by atoms with Gasteiger partial charge < -0.3 is 14.5 Å². The Hall–Kier alpha value is -3.43. The van der Waals surface area contributed by atoms with Crippen molar-refractivity contribution >= 4 is 29.3 Å². The number of nitrogens with zero attached hydrogens (tertiary/aromatic N) is 2. The second-order valence-corrected chi connectivity index (χ2v) is 6.52. The zero-order valence-corrected chi connectivity index (χ0v) is 14.7. The van der Waals surface area contributed by atoms with Crippen LogP contribution in [-0.4, -0.2) is 35.8 Å². The van der Waals surface area contributed by atoms with Gasteiger partial charge in [-0.25, -0.2) is 18.4 Å². The maximum absolute atomic E-state index is 14.7. The lowest BCUT2D eigenvalue weighted by molar-refractivity contribution is -0.119. The molecule has 28 heavy (non-hydrogen) atoms. The van der Waals surface area contributed by atoms with Gasteiger partial charge in [0.25, 0.3) is 0 Å². The van der Waals surface area contributed by atoms with Gasteiger partial charge in [-0.1, -0.05) is 0 Å². The van der Waals surface area contributed by atoms with Crippen molar-refractivity contribution in [2.24, 2.45) is 0 Å². The molecule has 10 heteroatoms. The van der Waals surface area contributed by atoms with Gasteiger partial charge >= 0.3 is 11.8 Å². The number of amides is 2. The lowest BCUT2D eigenvalue weighted by atomic mass is 10.0. The fraction of sp³-hybridized carbons (Fsp3) is 0.278. The molecule has 4 rings (SSSR count). The summed E-state index contributed by atoms with van der Waals surface area (Å²) in [7, 11) is 0. The SMILES string of the molecule is CC(=O)NC[C@H]1CN(c2cc(F)c(C3=Cc4coc(=O)n4C3)c(F)c2)C(=O)O1. The van der Waals surface area contributed by atoms with Crippen molar-refractivity contribution in [3.8, 4) is 0 Å². The molecule has 146 valence electrons. The number of rotatable bonds is 4. The van der Waals surface area contributed by atoms with E-state index in [1.165, 1.54) is 23.8 Å². The summed E-state index contributed by atoms with van der Waals surface area (Å²) >= 11 is 0. The predicted octanol–water partition coefficient (Wildman–Crippen LogP) is 1.74. The Kier molecular flexibility index (Phi) is 4.25. The molecule has 0 radical (unpaired) electrons. The maximum Gasteiger partial charge on any atom is 0.419 e. The number of oxazole rings is 1. The second-order valence-electron chi connectivity index (χ2n) is 6.52. The number of ether oxygens (including phenoxy) is 1. The molecule has 3 heterocycles. The zero-order chi connectivity index (χ0) is 20.0. The normalized spacial score (nSPS) is 18.1. The Labute approximate surface area is 157 Å². The fourth-order valence-electron chi connectivity index (χ4n) is 3.28. The van der Waals surface area contributed by atoms with Crippen molar-refractivity contribution in [2.45, 2.75) is 19.6 Å². The Morgan fingerprint density at radius 2 is 2.00 bits per heavy atom. The van der Waals surface area contributed by atoms with Crippen LogP contribution in [0, 0.1) is 11.6 Å². The Balaban J connectivity index is 1.58. The summed E-state index contributed by atoms with van der Waals surface area (Å²) < 4.78 is 40.5. The van der Waals surface area contributed by atoms with Crippen LogP contribution in [0.15, 0.2) is 27.6 Å². The van der Waals surface area contributed by atoms with E-state index in [0.717, 1.165) is 17.0 Å². The lowest BCUT2D eigenvalue weighted by Gasteiger charge is -2.15. The van der Waals surface area contributed by atoms with Gasteiger partial charge in [-0.05, 0) is 23.8 Å². The molecule has 2 amide bonds. The quantitative estimate of drug-likeness (QED) is 0.857. The first-order valence-electron chi connectivity index (χ1n) is 8.44. The first-order chi connectivity index (χ1) is 13.3. The summed E-state index contributed by atoms with van der Waals surface area (Å²) in [6.07, 6.45) is 1.31. The molecule has 0 bridgehead atoms. The first kappa shape index (κ1) is 18.0. The van der Waals surface area contributed by atoms with Crippen LogP contribution in [-0.2, 0) is 16.1 Å². The summed E-state index contributed by atoms with van der Waals surface area (Å²) in [6.45, 7) is 1.47. The van der Waals surface area contributed by atoms with Crippen LogP contribution in [0.1, 0.15) is 18.2 Å². The zero-order valence-electron chi connectivity index (χ0n) is 14.7. The molecule has 2 aliphatic heterocycles. The van der Waals surface area contributed by atoms with Crippen LogP contribution >= 0.6 is 0 Å². The van der Waals surface area contributed by atoms with E-state index in [2.05, 4.69) is 5.32 Å². The van der Waals surface area contributed by atoms with Gasteiger partial charge in [0.2, 0.25) is 5.91 Å². The van der Waals surface area contributed by atoms with Crippen LogP contribution in [0.4, 0.5) is 19.3 Å². The number of anilines is 1. The van der Waals surface area contributed by atoms with Crippen molar-refractivity contribution < 1.29 is 27.5 Å². The summed E-state index contributed by atoms with van der Waals surface area (Å²) in [6, 6.07) is 2.08. The van der Waals surface area contributed by atoms with Crippen molar-refractivity contribution in [2.75, 3.05) is 18.0 Å². The highest BCUT2D eigenvalue weighted by Gasteiger charge is 2.34. The van der Waals surface area contributed by atoms with Crippen LogP contribution in [0.2, 0.25) is 0 Å².